The standard InChI is InChI=1S/C17H24N2O2/c1-19(15-7-2-3-8-16(15)20)17(21)14-6-4-5-12-11-18-10-9-13(12)14/h4-6,15-16,18,20H,2-3,7-11H2,1H3. The number of amides is 1. The zero-order valence-electron chi connectivity index (χ0n) is 12.6. The van der Waals surface area contributed by atoms with E-state index in [0.717, 1.165) is 50.8 Å². The van der Waals surface area contributed by atoms with Crippen LogP contribution in [-0.4, -0.2) is 41.7 Å². The predicted molar refractivity (Wildman–Crippen MR) is 82.2 cm³/mol. The van der Waals surface area contributed by atoms with E-state index in [1.54, 1.807) is 4.90 Å². The van der Waals surface area contributed by atoms with Crippen LogP contribution in [-0.2, 0) is 13.0 Å². The van der Waals surface area contributed by atoms with E-state index in [-0.39, 0.29) is 18.1 Å². The largest absolute Gasteiger partial charge is 0.391 e. The van der Waals surface area contributed by atoms with Gasteiger partial charge >= 0.3 is 0 Å². The third-order valence-corrected chi connectivity index (χ3v) is 4.88. The lowest BCUT2D eigenvalue weighted by Gasteiger charge is -2.35. The van der Waals surface area contributed by atoms with Crippen LogP contribution >= 0.6 is 0 Å². The lowest BCUT2D eigenvalue weighted by molar-refractivity contribution is 0.0267. The second-order valence-corrected chi connectivity index (χ2v) is 6.21. The molecule has 2 unspecified atom stereocenters. The first-order chi connectivity index (χ1) is 10.2. The predicted octanol–water partition coefficient (Wildman–Crippen LogP) is 1.71. The number of hydrogen-bond acceptors (Lipinski definition) is 3. The Morgan fingerprint density at radius 3 is 2.95 bits per heavy atom. The summed E-state index contributed by atoms with van der Waals surface area (Å²) < 4.78 is 0. The maximum absolute atomic E-state index is 12.9. The van der Waals surface area contributed by atoms with Crippen molar-refractivity contribution >= 4 is 5.91 Å². The molecule has 4 heteroatoms. The van der Waals surface area contributed by atoms with E-state index in [0.29, 0.717) is 0 Å². The topological polar surface area (TPSA) is 52.6 Å². The molecule has 1 aliphatic carbocycles. The average molecular weight is 288 g/mol. The van der Waals surface area contributed by atoms with Crippen molar-refractivity contribution in [1.82, 2.24) is 10.2 Å². The Morgan fingerprint density at radius 1 is 1.33 bits per heavy atom. The third kappa shape index (κ3) is 2.83. The highest BCUT2D eigenvalue weighted by molar-refractivity contribution is 5.96. The Bertz CT molecular complexity index is 530. The lowest BCUT2D eigenvalue weighted by Crippen LogP contribution is -2.46. The molecule has 0 radical (unpaired) electrons. The van der Waals surface area contributed by atoms with Crippen LogP contribution in [0.5, 0.6) is 0 Å². The van der Waals surface area contributed by atoms with E-state index in [1.165, 1.54) is 11.1 Å². The first-order valence-electron chi connectivity index (χ1n) is 7.95. The van der Waals surface area contributed by atoms with E-state index >= 15 is 0 Å². The van der Waals surface area contributed by atoms with Crippen LogP contribution in [0.3, 0.4) is 0 Å². The number of nitrogens with zero attached hydrogens (tertiary/aromatic N) is 1. The highest BCUT2D eigenvalue weighted by atomic mass is 16.3. The van der Waals surface area contributed by atoms with E-state index in [2.05, 4.69) is 11.4 Å². The molecule has 2 aliphatic rings. The SMILES string of the molecule is CN(C(=O)c1cccc2c1CCNC2)C1CCCCC1O. The van der Waals surface area contributed by atoms with E-state index in [4.69, 9.17) is 0 Å². The normalized spacial score (nSPS) is 25.2. The van der Waals surface area contributed by atoms with Gasteiger partial charge in [-0.25, -0.2) is 0 Å². The van der Waals surface area contributed by atoms with Gasteiger partial charge in [0.15, 0.2) is 0 Å². The molecule has 1 heterocycles. The smallest absolute Gasteiger partial charge is 0.254 e. The number of likely N-dealkylation sites (N-methyl/N-ethyl adjacent to an activating group) is 1. The molecule has 21 heavy (non-hydrogen) atoms. The number of rotatable bonds is 2. The first kappa shape index (κ1) is 14.5. The van der Waals surface area contributed by atoms with Gasteiger partial charge in [0.2, 0.25) is 0 Å². The quantitative estimate of drug-likeness (QED) is 0.871. The lowest BCUT2D eigenvalue weighted by atomic mass is 9.90. The molecule has 1 saturated carbocycles. The van der Waals surface area contributed by atoms with Crippen molar-refractivity contribution in [2.24, 2.45) is 0 Å². The van der Waals surface area contributed by atoms with Gasteiger partial charge in [-0.1, -0.05) is 25.0 Å². The minimum Gasteiger partial charge on any atom is -0.391 e. The Kier molecular flexibility index (Phi) is 4.27. The Balaban J connectivity index is 1.84. The molecule has 1 amide bonds. The number of nitrogens with one attached hydrogen (secondary N) is 1. The van der Waals surface area contributed by atoms with Crippen LogP contribution in [0.2, 0.25) is 0 Å². The molecule has 114 valence electrons. The number of fused-ring (bicyclic) bond motifs is 1. The van der Waals surface area contributed by atoms with E-state index in [9.17, 15) is 9.90 Å². The summed E-state index contributed by atoms with van der Waals surface area (Å²) in [4.78, 5) is 14.6. The Labute approximate surface area is 126 Å². The van der Waals surface area contributed by atoms with Gasteiger partial charge < -0.3 is 15.3 Å². The number of aliphatic hydroxyl groups is 1. The van der Waals surface area contributed by atoms with Gasteiger partial charge in [-0.3, -0.25) is 4.79 Å². The van der Waals surface area contributed by atoms with E-state index in [1.807, 2.05) is 19.2 Å². The fourth-order valence-electron chi connectivity index (χ4n) is 3.62. The Hall–Kier alpha value is -1.39. The van der Waals surface area contributed by atoms with Crippen molar-refractivity contribution in [2.75, 3.05) is 13.6 Å². The average Bonchev–Trinajstić information content (AvgIpc) is 2.53. The van der Waals surface area contributed by atoms with Crippen LogP contribution in [0.4, 0.5) is 0 Å². The van der Waals surface area contributed by atoms with Gasteiger partial charge in [0.1, 0.15) is 0 Å². The summed E-state index contributed by atoms with van der Waals surface area (Å²) in [5.41, 5.74) is 3.22. The summed E-state index contributed by atoms with van der Waals surface area (Å²) in [7, 11) is 1.84. The number of aliphatic hydroxyl groups excluding tert-OH is 1. The highest BCUT2D eigenvalue weighted by Crippen LogP contribution is 2.26. The van der Waals surface area contributed by atoms with Crippen molar-refractivity contribution < 1.29 is 9.90 Å². The minimum absolute atomic E-state index is 0.0381. The van der Waals surface area contributed by atoms with Gasteiger partial charge in [-0.2, -0.15) is 0 Å². The molecule has 2 atom stereocenters. The number of carbonyl (C=O) groups is 1. The number of hydrogen-bond donors (Lipinski definition) is 2. The second kappa shape index (κ2) is 6.16. The van der Waals surface area contributed by atoms with Gasteiger partial charge in [0, 0.05) is 19.2 Å². The summed E-state index contributed by atoms with van der Waals surface area (Å²) in [6.07, 6.45) is 4.38. The molecule has 1 aliphatic heterocycles. The third-order valence-electron chi connectivity index (χ3n) is 4.88. The van der Waals surface area contributed by atoms with Gasteiger partial charge in [0.05, 0.1) is 12.1 Å². The molecule has 1 aromatic rings. The van der Waals surface area contributed by atoms with Gasteiger partial charge in [0.25, 0.3) is 5.91 Å². The summed E-state index contributed by atoms with van der Waals surface area (Å²) in [5, 5.41) is 13.5. The Morgan fingerprint density at radius 2 is 2.14 bits per heavy atom. The van der Waals surface area contributed by atoms with Crippen LogP contribution in [0, 0.1) is 0 Å². The van der Waals surface area contributed by atoms with Crippen molar-refractivity contribution in [3.05, 3.63) is 34.9 Å². The van der Waals surface area contributed by atoms with Crippen molar-refractivity contribution in [3.63, 3.8) is 0 Å². The van der Waals surface area contributed by atoms with Crippen molar-refractivity contribution in [2.45, 2.75) is 50.8 Å². The van der Waals surface area contributed by atoms with Crippen LogP contribution < -0.4 is 5.32 Å². The zero-order valence-corrected chi connectivity index (χ0v) is 12.6. The fourth-order valence-corrected chi connectivity index (χ4v) is 3.62. The van der Waals surface area contributed by atoms with Crippen molar-refractivity contribution in [1.29, 1.82) is 0 Å². The zero-order chi connectivity index (χ0) is 14.8. The molecule has 0 spiro atoms. The molecule has 1 fully saturated rings. The van der Waals surface area contributed by atoms with E-state index < -0.39 is 0 Å². The molecule has 0 saturated heterocycles. The molecule has 3 rings (SSSR count). The number of carbonyl (C=O) groups excluding carboxylic acids is 1. The minimum atomic E-state index is -0.381. The summed E-state index contributed by atoms with van der Waals surface area (Å²) >= 11 is 0. The molecule has 2 N–H and O–H groups in total. The molecule has 4 nitrogen and oxygen atoms in total. The fraction of sp³-hybridized carbons (Fsp3) is 0.588. The van der Waals surface area contributed by atoms with Crippen LogP contribution in [0.1, 0.15) is 47.2 Å². The number of benzene rings is 1. The van der Waals surface area contributed by atoms with Crippen LogP contribution in [0.25, 0.3) is 0 Å². The maximum Gasteiger partial charge on any atom is 0.254 e. The maximum atomic E-state index is 12.9. The molecular formula is C17H24N2O2. The van der Waals surface area contributed by atoms with Crippen LogP contribution in [0.15, 0.2) is 18.2 Å². The highest BCUT2D eigenvalue weighted by Gasteiger charge is 2.31. The second-order valence-electron chi connectivity index (χ2n) is 6.21. The van der Waals surface area contributed by atoms with Gasteiger partial charge in [-0.05, 0) is 43.0 Å². The first-order valence-corrected chi connectivity index (χ1v) is 7.95. The summed E-state index contributed by atoms with van der Waals surface area (Å²) in [6.45, 7) is 1.76. The molecular weight excluding hydrogens is 264 g/mol. The molecule has 1 aromatic carbocycles. The monoisotopic (exact) mass is 288 g/mol. The summed E-state index contributed by atoms with van der Waals surface area (Å²) in [6, 6.07) is 5.94. The van der Waals surface area contributed by atoms with Crippen molar-refractivity contribution in [3.8, 4) is 0 Å². The van der Waals surface area contributed by atoms with Gasteiger partial charge in [-0.15, -0.1) is 0 Å². The molecule has 0 aromatic heterocycles. The summed E-state index contributed by atoms with van der Waals surface area (Å²) in [5.74, 6) is 0.0553. The molecule has 0 bridgehead atoms.